The van der Waals surface area contributed by atoms with Crippen molar-refractivity contribution >= 4 is 51.7 Å². The SMILES string of the molecule is NCc1ccc(Cl)cc1.O=C(O)c1cc(-c2ccc(Cl)cc2Cl)nc2ccccc12. The predicted octanol–water partition coefficient (Wildman–Crippen LogP) is 6.71. The predicted molar refractivity (Wildman–Crippen MR) is 124 cm³/mol. The average Bonchev–Trinajstić information content (AvgIpc) is 2.74. The van der Waals surface area contributed by atoms with Crippen molar-refractivity contribution in [2.45, 2.75) is 6.54 Å². The zero-order chi connectivity index (χ0) is 21.7. The Bertz CT molecular complexity index is 1190. The number of benzene rings is 3. The van der Waals surface area contributed by atoms with Crippen molar-refractivity contribution in [3.05, 3.63) is 99.0 Å². The third-order valence-electron chi connectivity index (χ3n) is 4.30. The molecule has 4 nitrogen and oxygen atoms in total. The molecule has 0 spiro atoms. The Labute approximate surface area is 188 Å². The average molecular weight is 460 g/mol. The number of hydrogen-bond donors (Lipinski definition) is 2. The lowest BCUT2D eigenvalue weighted by molar-refractivity contribution is 0.0699. The van der Waals surface area contributed by atoms with E-state index in [0.29, 0.717) is 38.8 Å². The third kappa shape index (κ3) is 5.29. The third-order valence-corrected chi connectivity index (χ3v) is 5.10. The number of fused-ring (bicyclic) bond motifs is 1. The van der Waals surface area contributed by atoms with Crippen LogP contribution < -0.4 is 5.73 Å². The van der Waals surface area contributed by atoms with Gasteiger partial charge in [0.1, 0.15) is 0 Å². The molecule has 0 atom stereocenters. The van der Waals surface area contributed by atoms with Crippen LogP contribution in [0, 0.1) is 0 Å². The zero-order valence-electron chi connectivity index (χ0n) is 15.6. The first-order valence-corrected chi connectivity index (χ1v) is 10.1. The molecule has 1 aromatic heterocycles. The van der Waals surface area contributed by atoms with Gasteiger partial charge in [-0.1, -0.05) is 65.1 Å². The largest absolute Gasteiger partial charge is 0.478 e. The fourth-order valence-corrected chi connectivity index (χ4v) is 3.44. The fourth-order valence-electron chi connectivity index (χ4n) is 2.81. The first-order valence-electron chi connectivity index (χ1n) is 8.92. The van der Waals surface area contributed by atoms with E-state index in [1.807, 2.05) is 30.3 Å². The number of pyridine rings is 1. The van der Waals surface area contributed by atoms with Gasteiger partial charge < -0.3 is 10.8 Å². The minimum absolute atomic E-state index is 0.196. The van der Waals surface area contributed by atoms with Crippen molar-refractivity contribution in [1.29, 1.82) is 0 Å². The van der Waals surface area contributed by atoms with Crippen LogP contribution in [0.1, 0.15) is 15.9 Å². The minimum Gasteiger partial charge on any atom is -0.478 e. The van der Waals surface area contributed by atoms with Gasteiger partial charge in [0.2, 0.25) is 0 Å². The smallest absolute Gasteiger partial charge is 0.336 e. The molecule has 1 heterocycles. The van der Waals surface area contributed by atoms with Crippen LogP contribution in [0.5, 0.6) is 0 Å². The summed E-state index contributed by atoms with van der Waals surface area (Å²) >= 11 is 17.7. The molecule has 0 unspecified atom stereocenters. The van der Waals surface area contributed by atoms with E-state index in [9.17, 15) is 9.90 Å². The van der Waals surface area contributed by atoms with Gasteiger partial charge in [0.25, 0.3) is 0 Å². The summed E-state index contributed by atoms with van der Waals surface area (Å²) in [5, 5.41) is 11.7. The van der Waals surface area contributed by atoms with Crippen molar-refractivity contribution in [3.8, 4) is 11.3 Å². The van der Waals surface area contributed by atoms with Crippen LogP contribution in [0.3, 0.4) is 0 Å². The standard InChI is InChI=1S/C16H9Cl2NO2.C7H8ClN/c17-9-5-6-11(13(18)7-9)15-8-12(16(20)21)10-3-1-2-4-14(10)19-15;8-7-3-1-6(5-9)2-4-7/h1-8H,(H,20,21);1-4H,5,9H2. The van der Waals surface area contributed by atoms with Gasteiger partial charge in [0.15, 0.2) is 0 Å². The van der Waals surface area contributed by atoms with E-state index in [2.05, 4.69) is 4.98 Å². The normalized spacial score (nSPS) is 10.4. The quantitative estimate of drug-likeness (QED) is 0.357. The Morgan fingerprint density at radius 1 is 0.900 bits per heavy atom. The van der Waals surface area contributed by atoms with Crippen molar-refractivity contribution in [1.82, 2.24) is 4.98 Å². The molecule has 0 radical (unpaired) electrons. The molecule has 0 saturated heterocycles. The lowest BCUT2D eigenvalue weighted by atomic mass is 10.0. The number of nitrogens with zero attached hydrogens (tertiary/aromatic N) is 1. The summed E-state index contributed by atoms with van der Waals surface area (Å²) in [5.41, 5.74) is 8.43. The summed E-state index contributed by atoms with van der Waals surface area (Å²) in [4.78, 5) is 15.9. The molecular formula is C23H17Cl3N2O2. The molecule has 0 aliphatic heterocycles. The molecule has 0 saturated carbocycles. The number of para-hydroxylation sites is 1. The van der Waals surface area contributed by atoms with Crippen molar-refractivity contribution < 1.29 is 9.90 Å². The van der Waals surface area contributed by atoms with E-state index in [1.165, 1.54) is 6.07 Å². The molecule has 0 aliphatic rings. The highest BCUT2D eigenvalue weighted by atomic mass is 35.5. The van der Waals surface area contributed by atoms with E-state index in [0.717, 1.165) is 10.6 Å². The first-order chi connectivity index (χ1) is 14.4. The van der Waals surface area contributed by atoms with E-state index < -0.39 is 5.97 Å². The number of aromatic nitrogens is 1. The number of aromatic carboxylic acids is 1. The molecule has 4 rings (SSSR count). The van der Waals surface area contributed by atoms with Gasteiger partial charge >= 0.3 is 5.97 Å². The second kappa shape index (κ2) is 9.92. The maximum Gasteiger partial charge on any atom is 0.336 e. The molecule has 0 aliphatic carbocycles. The first kappa shape index (κ1) is 22.1. The number of halogens is 3. The van der Waals surface area contributed by atoms with Gasteiger partial charge in [-0.25, -0.2) is 9.78 Å². The number of nitrogens with two attached hydrogens (primary N) is 1. The lowest BCUT2D eigenvalue weighted by Gasteiger charge is -2.08. The molecule has 4 aromatic rings. The second-order valence-electron chi connectivity index (χ2n) is 6.33. The van der Waals surface area contributed by atoms with Crippen molar-refractivity contribution in [3.63, 3.8) is 0 Å². The molecule has 0 bridgehead atoms. The summed E-state index contributed by atoms with van der Waals surface area (Å²) in [5.74, 6) is -1.00. The molecular weight excluding hydrogens is 443 g/mol. The second-order valence-corrected chi connectivity index (χ2v) is 7.61. The Kier molecular flexibility index (Phi) is 7.29. The van der Waals surface area contributed by atoms with Gasteiger partial charge in [-0.15, -0.1) is 0 Å². The number of rotatable bonds is 3. The fraction of sp³-hybridized carbons (Fsp3) is 0.0435. The van der Waals surface area contributed by atoms with Crippen LogP contribution in [0.15, 0.2) is 72.8 Å². The van der Waals surface area contributed by atoms with Crippen LogP contribution in [0.2, 0.25) is 15.1 Å². The number of carbonyl (C=O) groups is 1. The van der Waals surface area contributed by atoms with Crippen LogP contribution in [0.25, 0.3) is 22.2 Å². The Morgan fingerprint density at radius 3 is 2.20 bits per heavy atom. The van der Waals surface area contributed by atoms with Crippen LogP contribution in [-0.4, -0.2) is 16.1 Å². The number of carboxylic acid groups (broad SMARTS) is 1. The lowest BCUT2D eigenvalue weighted by Crippen LogP contribution is -2.00. The van der Waals surface area contributed by atoms with Crippen molar-refractivity contribution in [2.75, 3.05) is 0 Å². The number of carboxylic acids is 1. The van der Waals surface area contributed by atoms with Gasteiger partial charge in [-0.3, -0.25) is 0 Å². The highest BCUT2D eigenvalue weighted by Gasteiger charge is 2.14. The van der Waals surface area contributed by atoms with E-state index in [4.69, 9.17) is 40.5 Å². The van der Waals surface area contributed by atoms with Gasteiger partial charge in [0, 0.05) is 27.5 Å². The maximum atomic E-state index is 11.5. The summed E-state index contributed by atoms with van der Waals surface area (Å²) in [7, 11) is 0. The molecule has 0 amide bonds. The summed E-state index contributed by atoms with van der Waals surface area (Å²) < 4.78 is 0. The van der Waals surface area contributed by atoms with Gasteiger partial charge in [-0.05, 0) is 48.0 Å². The summed E-state index contributed by atoms with van der Waals surface area (Å²) in [6.45, 7) is 0.581. The Hall–Kier alpha value is -2.63. The number of hydrogen-bond acceptors (Lipinski definition) is 3. The monoisotopic (exact) mass is 458 g/mol. The Morgan fingerprint density at radius 2 is 1.57 bits per heavy atom. The van der Waals surface area contributed by atoms with E-state index in [-0.39, 0.29) is 5.56 Å². The molecule has 30 heavy (non-hydrogen) atoms. The van der Waals surface area contributed by atoms with Crippen molar-refractivity contribution in [2.24, 2.45) is 5.73 Å². The highest BCUT2D eigenvalue weighted by Crippen LogP contribution is 2.31. The summed E-state index contributed by atoms with van der Waals surface area (Å²) in [6.07, 6.45) is 0. The Balaban J connectivity index is 0.000000239. The molecule has 3 aromatic carbocycles. The van der Waals surface area contributed by atoms with Gasteiger partial charge in [0.05, 0.1) is 21.8 Å². The zero-order valence-corrected chi connectivity index (χ0v) is 17.9. The van der Waals surface area contributed by atoms with Crippen LogP contribution in [-0.2, 0) is 6.54 Å². The summed E-state index contributed by atoms with van der Waals surface area (Å²) in [6, 6.07) is 21.2. The van der Waals surface area contributed by atoms with Crippen LogP contribution >= 0.6 is 34.8 Å². The molecule has 152 valence electrons. The maximum absolute atomic E-state index is 11.5. The van der Waals surface area contributed by atoms with Crippen LogP contribution in [0.4, 0.5) is 0 Å². The molecule has 7 heteroatoms. The highest BCUT2D eigenvalue weighted by molar-refractivity contribution is 6.36. The molecule has 0 fully saturated rings. The topological polar surface area (TPSA) is 76.2 Å². The van der Waals surface area contributed by atoms with E-state index in [1.54, 1.807) is 36.4 Å². The van der Waals surface area contributed by atoms with Gasteiger partial charge in [-0.2, -0.15) is 0 Å². The molecule has 3 N–H and O–H groups in total. The van der Waals surface area contributed by atoms with E-state index >= 15 is 0 Å². The minimum atomic E-state index is -1.00.